The SMILES string of the molecule is CC(C)CNC(=O)C(C)OC(=O)CNC(=O)c1ccc(Cl)c(Cl)c1. The van der Waals surface area contributed by atoms with E-state index in [1.165, 1.54) is 25.1 Å². The summed E-state index contributed by atoms with van der Waals surface area (Å²) in [7, 11) is 0. The fourth-order valence-corrected chi connectivity index (χ4v) is 1.93. The number of esters is 1. The van der Waals surface area contributed by atoms with E-state index < -0.39 is 18.0 Å². The second-order valence-electron chi connectivity index (χ2n) is 5.58. The zero-order valence-corrected chi connectivity index (χ0v) is 15.2. The van der Waals surface area contributed by atoms with E-state index in [0.29, 0.717) is 17.5 Å². The average Bonchev–Trinajstić information content (AvgIpc) is 2.52. The van der Waals surface area contributed by atoms with Crippen molar-refractivity contribution >= 4 is 41.0 Å². The van der Waals surface area contributed by atoms with Gasteiger partial charge in [-0.2, -0.15) is 0 Å². The maximum absolute atomic E-state index is 11.9. The van der Waals surface area contributed by atoms with Crippen LogP contribution in [-0.4, -0.2) is 37.0 Å². The van der Waals surface area contributed by atoms with Crippen LogP contribution in [0.5, 0.6) is 0 Å². The molecule has 24 heavy (non-hydrogen) atoms. The zero-order valence-electron chi connectivity index (χ0n) is 13.7. The lowest BCUT2D eigenvalue weighted by Gasteiger charge is -2.14. The van der Waals surface area contributed by atoms with Crippen LogP contribution >= 0.6 is 23.2 Å². The number of halogens is 2. The number of rotatable bonds is 7. The summed E-state index contributed by atoms with van der Waals surface area (Å²) in [5, 5.41) is 5.62. The molecule has 0 aromatic heterocycles. The topological polar surface area (TPSA) is 84.5 Å². The number of ether oxygens (including phenoxy) is 1. The van der Waals surface area contributed by atoms with Crippen molar-refractivity contribution in [2.45, 2.75) is 26.9 Å². The molecule has 0 aliphatic carbocycles. The lowest BCUT2D eigenvalue weighted by Crippen LogP contribution is -2.39. The van der Waals surface area contributed by atoms with Gasteiger partial charge in [0.15, 0.2) is 6.10 Å². The van der Waals surface area contributed by atoms with Crippen LogP contribution in [0.1, 0.15) is 31.1 Å². The van der Waals surface area contributed by atoms with Crippen molar-refractivity contribution in [2.75, 3.05) is 13.1 Å². The van der Waals surface area contributed by atoms with Crippen molar-refractivity contribution in [1.82, 2.24) is 10.6 Å². The van der Waals surface area contributed by atoms with Crippen LogP contribution in [0, 0.1) is 5.92 Å². The molecule has 0 aliphatic heterocycles. The number of carbonyl (C=O) groups is 3. The third-order valence-corrected chi connectivity index (χ3v) is 3.68. The van der Waals surface area contributed by atoms with Crippen LogP contribution in [0.3, 0.4) is 0 Å². The Balaban J connectivity index is 2.43. The molecule has 2 N–H and O–H groups in total. The van der Waals surface area contributed by atoms with Crippen LogP contribution < -0.4 is 10.6 Å². The van der Waals surface area contributed by atoms with Gasteiger partial charge in [-0.3, -0.25) is 14.4 Å². The van der Waals surface area contributed by atoms with Crippen LogP contribution in [-0.2, 0) is 14.3 Å². The molecule has 2 amide bonds. The van der Waals surface area contributed by atoms with Crippen LogP contribution in [0.25, 0.3) is 0 Å². The van der Waals surface area contributed by atoms with Gasteiger partial charge in [0.05, 0.1) is 10.0 Å². The van der Waals surface area contributed by atoms with Gasteiger partial charge in [-0.1, -0.05) is 37.0 Å². The number of amides is 2. The normalized spacial score (nSPS) is 11.8. The van der Waals surface area contributed by atoms with Crippen molar-refractivity contribution in [1.29, 1.82) is 0 Å². The van der Waals surface area contributed by atoms with E-state index in [2.05, 4.69) is 10.6 Å². The van der Waals surface area contributed by atoms with Crippen molar-refractivity contribution in [3.8, 4) is 0 Å². The molecule has 6 nitrogen and oxygen atoms in total. The highest BCUT2D eigenvalue weighted by Gasteiger charge is 2.18. The maximum Gasteiger partial charge on any atom is 0.326 e. The summed E-state index contributed by atoms with van der Waals surface area (Å²) in [5.74, 6) is -1.30. The second kappa shape index (κ2) is 9.49. The molecule has 1 unspecified atom stereocenters. The molecule has 1 atom stereocenters. The molecule has 1 aromatic carbocycles. The lowest BCUT2D eigenvalue weighted by molar-refractivity contribution is -0.153. The summed E-state index contributed by atoms with van der Waals surface area (Å²) in [5.41, 5.74) is 0.264. The fraction of sp³-hybridized carbons (Fsp3) is 0.438. The third kappa shape index (κ3) is 6.76. The summed E-state index contributed by atoms with van der Waals surface area (Å²) in [6.07, 6.45) is -0.932. The molecule has 0 saturated heterocycles. The Morgan fingerprint density at radius 2 is 1.75 bits per heavy atom. The van der Waals surface area contributed by atoms with Crippen molar-refractivity contribution in [3.05, 3.63) is 33.8 Å². The van der Waals surface area contributed by atoms with Crippen molar-refractivity contribution in [3.63, 3.8) is 0 Å². The number of nitrogens with one attached hydrogen (secondary N) is 2. The third-order valence-electron chi connectivity index (χ3n) is 2.94. The molecule has 0 radical (unpaired) electrons. The highest BCUT2D eigenvalue weighted by molar-refractivity contribution is 6.42. The Bertz CT molecular complexity index is 620. The Morgan fingerprint density at radius 1 is 1.08 bits per heavy atom. The Labute approximate surface area is 150 Å². The van der Waals surface area contributed by atoms with Gasteiger partial charge in [-0.25, -0.2) is 0 Å². The summed E-state index contributed by atoms with van der Waals surface area (Å²) in [6.45, 7) is 5.51. The van der Waals surface area contributed by atoms with E-state index in [1.54, 1.807) is 0 Å². The smallest absolute Gasteiger partial charge is 0.326 e. The quantitative estimate of drug-likeness (QED) is 0.717. The molecule has 8 heteroatoms. The van der Waals surface area contributed by atoms with Gasteiger partial charge in [-0.05, 0) is 31.0 Å². The fourth-order valence-electron chi connectivity index (χ4n) is 1.63. The first kappa shape index (κ1) is 20.3. The number of carbonyl (C=O) groups excluding carboxylic acids is 3. The maximum atomic E-state index is 11.9. The summed E-state index contributed by atoms with van der Waals surface area (Å²) >= 11 is 11.6. The molecular formula is C16H20Cl2N2O4. The second-order valence-corrected chi connectivity index (χ2v) is 6.40. The Kier molecular flexibility index (Phi) is 8.01. The van der Waals surface area contributed by atoms with Crippen molar-refractivity contribution < 1.29 is 19.1 Å². The van der Waals surface area contributed by atoms with E-state index in [0.717, 1.165) is 0 Å². The Hall–Kier alpha value is -1.79. The zero-order chi connectivity index (χ0) is 18.3. The summed E-state index contributed by atoms with van der Waals surface area (Å²) < 4.78 is 4.96. The molecule has 132 valence electrons. The van der Waals surface area contributed by atoms with Crippen LogP contribution in [0.15, 0.2) is 18.2 Å². The van der Waals surface area contributed by atoms with Gasteiger partial charge in [0, 0.05) is 12.1 Å². The number of benzene rings is 1. The molecule has 0 saturated carbocycles. The van der Waals surface area contributed by atoms with Gasteiger partial charge >= 0.3 is 5.97 Å². The Morgan fingerprint density at radius 3 is 2.33 bits per heavy atom. The predicted octanol–water partition coefficient (Wildman–Crippen LogP) is 2.43. The predicted molar refractivity (Wildman–Crippen MR) is 92.2 cm³/mol. The van der Waals surface area contributed by atoms with Gasteiger partial charge in [0.2, 0.25) is 0 Å². The first-order valence-electron chi connectivity index (χ1n) is 7.41. The average molecular weight is 375 g/mol. The molecule has 0 aliphatic rings. The van der Waals surface area contributed by atoms with Crippen molar-refractivity contribution in [2.24, 2.45) is 5.92 Å². The first-order chi connectivity index (χ1) is 11.2. The largest absolute Gasteiger partial charge is 0.451 e. The standard InChI is InChI=1S/C16H20Cl2N2O4/c1-9(2)7-19-15(22)10(3)24-14(21)8-20-16(23)11-4-5-12(17)13(18)6-11/h4-6,9-10H,7-8H2,1-3H3,(H,19,22)(H,20,23). The minimum Gasteiger partial charge on any atom is -0.451 e. The monoisotopic (exact) mass is 374 g/mol. The molecule has 0 spiro atoms. The van der Waals surface area contributed by atoms with E-state index in [1.807, 2.05) is 13.8 Å². The molecular weight excluding hydrogens is 355 g/mol. The molecule has 0 heterocycles. The van der Waals surface area contributed by atoms with Gasteiger partial charge < -0.3 is 15.4 Å². The van der Waals surface area contributed by atoms with Crippen LogP contribution in [0.4, 0.5) is 0 Å². The highest BCUT2D eigenvalue weighted by atomic mass is 35.5. The van der Waals surface area contributed by atoms with Crippen LogP contribution in [0.2, 0.25) is 10.0 Å². The highest BCUT2D eigenvalue weighted by Crippen LogP contribution is 2.22. The minimum absolute atomic E-state index is 0.238. The van der Waals surface area contributed by atoms with E-state index in [4.69, 9.17) is 27.9 Å². The number of hydrogen-bond donors (Lipinski definition) is 2. The lowest BCUT2D eigenvalue weighted by atomic mass is 10.2. The summed E-state index contributed by atoms with van der Waals surface area (Å²) in [6, 6.07) is 4.36. The van der Waals surface area contributed by atoms with Gasteiger partial charge in [0.25, 0.3) is 11.8 Å². The molecule has 0 bridgehead atoms. The van der Waals surface area contributed by atoms with E-state index in [9.17, 15) is 14.4 Å². The van der Waals surface area contributed by atoms with Gasteiger partial charge in [0.1, 0.15) is 6.54 Å². The van der Waals surface area contributed by atoms with E-state index in [-0.39, 0.29) is 23.0 Å². The van der Waals surface area contributed by atoms with Gasteiger partial charge in [-0.15, -0.1) is 0 Å². The first-order valence-corrected chi connectivity index (χ1v) is 8.16. The summed E-state index contributed by atoms with van der Waals surface area (Å²) in [4.78, 5) is 35.3. The molecule has 1 rings (SSSR count). The van der Waals surface area contributed by atoms with E-state index >= 15 is 0 Å². The minimum atomic E-state index is -0.932. The number of hydrogen-bond acceptors (Lipinski definition) is 4. The molecule has 1 aromatic rings. The molecule has 0 fully saturated rings.